The molecule has 2 rings (SSSR count). The van der Waals surface area contributed by atoms with Gasteiger partial charge in [0, 0.05) is 35.9 Å². The van der Waals surface area contributed by atoms with Crippen LogP contribution >= 0.6 is 0 Å². The Balaban J connectivity index is 1.90. The summed E-state index contributed by atoms with van der Waals surface area (Å²) in [6.07, 6.45) is 1.17. The highest BCUT2D eigenvalue weighted by Gasteiger charge is 2.25. The number of likely N-dealkylation sites (tertiary alicyclic amines) is 1. The van der Waals surface area contributed by atoms with Gasteiger partial charge >= 0.3 is 0 Å². The second-order valence-corrected chi connectivity index (χ2v) is 6.09. The highest BCUT2D eigenvalue weighted by atomic mass is 16.1. The van der Waals surface area contributed by atoms with E-state index in [1.165, 1.54) is 6.42 Å². The smallest absolute Gasteiger partial charge is 0.226 e. The lowest BCUT2D eigenvalue weighted by atomic mass is 10.1. The number of anilines is 2. The predicted octanol–water partition coefficient (Wildman–Crippen LogP) is 2.79. The zero-order valence-corrected chi connectivity index (χ0v) is 12.8. The zero-order valence-electron chi connectivity index (χ0n) is 12.8. The first-order valence-electron chi connectivity index (χ1n) is 7.33. The normalized spacial score (nSPS) is 23.1. The summed E-state index contributed by atoms with van der Waals surface area (Å²) in [5.41, 5.74) is 1.96. The first-order chi connectivity index (χ1) is 9.45. The van der Waals surface area contributed by atoms with Gasteiger partial charge in [-0.2, -0.15) is 0 Å². The zero-order chi connectivity index (χ0) is 14.7. The molecule has 1 aliphatic heterocycles. The van der Waals surface area contributed by atoms with E-state index < -0.39 is 0 Å². The first kappa shape index (κ1) is 14.9. The topological polar surface area (TPSA) is 44.4 Å². The van der Waals surface area contributed by atoms with Crippen molar-refractivity contribution in [2.45, 2.75) is 39.3 Å². The van der Waals surface area contributed by atoms with Crippen LogP contribution < -0.4 is 10.6 Å². The van der Waals surface area contributed by atoms with Crippen molar-refractivity contribution in [1.82, 2.24) is 4.90 Å². The van der Waals surface area contributed by atoms with Crippen molar-refractivity contribution in [1.29, 1.82) is 0 Å². The SMILES string of the molecule is CC(C)C(=O)Nc1ccc(NC2CC(C)N(C)C2)cc1. The first-order valence-corrected chi connectivity index (χ1v) is 7.33. The quantitative estimate of drug-likeness (QED) is 0.888. The Hall–Kier alpha value is -1.55. The van der Waals surface area contributed by atoms with Crippen LogP contribution in [-0.2, 0) is 4.79 Å². The molecule has 1 aliphatic rings. The minimum atomic E-state index is 0.00307. The number of carbonyl (C=O) groups is 1. The maximum Gasteiger partial charge on any atom is 0.226 e. The van der Waals surface area contributed by atoms with E-state index in [1.54, 1.807) is 0 Å². The number of nitrogens with zero attached hydrogens (tertiary/aromatic N) is 1. The third-order valence-electron chi connectivity index (χ3n) is 3.93. The summed E-state index contributed by atoms with van der Waals surface area (Å²) < 4.78 is 0. The lowest BCUT2D eigenvalue weighted by Gasteiger charge is -2.15. The molecule has 20 heavy (non-hydrogen) atoms. The average Bonchev–Trinajstić information content (AvgIpc) is 2.70. The maximum atomic E-state index is 11.6. The van der Waals surface area contributed by atoms with Crippen molar-refractivity contribution in [3.05, 3.63) is 24.3 Å². The number of amides is 1. The summed E-state index contributed by atoms with van der Waals surface area (Å²) in [5.74, 6) is 0.0558. The minimum absolute atomic E-state index is 0.00307. The Bertz CT molecular complexity index is 445. The Labute approximate surface area is 121 Å². The fourth-order valence-electron chi connectivity index (χ4n) is 2.47. The average molecular weight is 275 g/mol. The summed E-state index contributed by atoms with van der Waals surface area (Å²) in [6, 6.07) is 9.09. The summed E-state index contributed by atoms with van der Waals surface area (Å²) in [5, 5.41) is 6.45. The van der Waals surface area contributed by atoms with Crippen LogP contribution in [0, 0.1) is 5.92 Å². The van der Waals surface area contributed by atoms with Gasteiger partial charge in [-0.3, -0.25) is 4.79 Å². The van der Waals surface area contributed by atoms with Crippen LogP contribution in [0.5, 0.6) is 0 Å². The molecule has 0 radical (unpaired) electrons. The molecule has 2 unspecified atom stereocenters. The Kier molecular flexibility index (Phi) is 4.65. The van der Waals surface area contributed by atoms with E-state index in [0.717, 1.165) is 17.9 Å². The summed E-state index contributed by atoms with van der Waals surface area (Å²) >= 11 is 0. The molecule has 0 aliphatic carbocycles. The number of benzene rings is 1. The van der Waals surface area contributed by atoms with E-state index in [4.69, 9.17) is 0 Å². The second kappa shape index (κ2) is 6.27. The van der Waals surface area contributed by atoms with Crippen LogP contribution in [0.2, 0.25) is 0 Å². The molecule has 4 heteroatoms. The van der Waals surface area contributed by atoms with Gasteiger partial charge in [-0.25, -0.2) is 0 Å². The van der Waals surface area contributed by atoms with Gasteiger partial charge in [0.05, 0.1) is 0 Å². The molecule has 0 bridgehead atoms. The fraction of sp³-hybridized carbons (Fsp3) is 0.562. The molecule has 0 spiro atoms. The molecular formula is C16H25N3O. The molecular weight excluding hydrogens is 250 g/mol. The lowest BCUT2D eigenvalue weighted by Crippen LogP contribution is -2.24. The van der Waals surface area contributed by atoms with Crippen molar-refractivity contribution in [2.24, 2.45) is 5.92 Å². The van der Waals surface area contributed by atoms with Crippen molar-refractivity contribution < 1.29 is 4.79 Å². The van der Waals surface area contributed by atoms with Crippen molar-refractivity contribution in [3.8, 4) is 0 Å². The van der Waals surface area contributed by atoms with Gasteiger partial charge < -0.3 is 15.5 Å². The summed E-state index contributed by atoms with van der Waals surface area (Å²) in [4.78, 5) is 14.0. The van der Waals surface area contributed by atoms with E-state index >= 15 is 0 Å². The molecule has 4 nitrogen and oxygen atoms in total. The molecule has 2 atom stereocenters. The molecule has 0 aromatic heterocycles. The third-order valence-corrected chi connectivity index (χ3v) is 3.93. The standard InChI is InChI=1S/C16H25N3O/c1-11(2)16(20)18-14-7-5-13(6-8-14)17-15-9-12(3)19(4)10-15/h5-8,11-12,15,17H,9-10H2,1-4H3,(H,18,20). The van der Waals surface area contributed by atoms with Gasteiger partial charge in [0.1, 0.15) is 0 Å². The van der Waals surface area contributed by atoms with Crippen LogP contribution in [0.1, 0.15) is 27.2 Å². The van der Waals surface area contributed by atoms with E-state index in [0.29, 0.717) is 12.1 Å². The highest BCUT2D eigenvalue weighted by Crippen LogP contribution is 2.21. The fourth-order valence-corrected chi connectivity index (χ4v) is 2.47. The lowest BCUT2D eigenvalue weighted by molar-refractivity contribution is -0.118. The number of rotatable bonds is 4. The molecule has 1 aromatic rings. The molecule has 2 N–H and O–H groups in total. The van der Waals surface area contributed by atoms with Gasteiger partial charge in [-0.05, 0) is 44.7 Å². The molecule has 110 valence electrons. The van der Waals surface area contributed by atoms with E-state index in [2.05, 4.69) is 29.5 Å². The van der Waals surface area contributed by atoms with E-state index in [9.17, 15) is 4.79 Å². The molecule has 1 aromatic carbocycles. The third kappa shape index (κ3) is 3.73. The number of nitrogens with one attached hydrogen (secondary N) is 2. The largest absolute Gasteiger partial charge is 0.381 e. The Morgan fingerprint density at radius 1 is 1.25 bits per heavy atom. The minimum Gasteiger partial charge on any atom is -0.381 e. The van der Waals surface area contributed by atoms with E-state index in [-0.39, 0.29) is 11.8 Å². The molecule has 0 saturated carbocycles. The van der Waals surface area contributed by atoms with Gasteiger partial charge in [-0.1, -0.05) is 13.8 Å². The van der Waals surface area contributed by atoms with Gasteiger partial charge in [-0.15, -0.1) is 0 Å². The van der Waals surface area contributed by atoms with Crippen molar-refractivity contribution >= 4 is 17.3 Å². The highest BCUT2D eigenvalue weighted by molar-refractivity contribution is 5.92. The van der Waals surface area contributed by atoms with Crippen LogP contribution in [-0.4, -0.2) is 36.5 Å². The van der Waals surface area contributed by atoms with Gasteiger partial charge in [0.15, 0.2) is 0 Å². The molecule has 1 amide bonds. The molecule has 1 fully saturated rings. The van der Waals surface area contributed by atoms with Crippen LogP contribution in [0.25, 0.3) is 0 Å². The van der Waals surface area contributed by atoms with Crippen LogP contribution in [0.3, 0.4) is 0 Å². The maximum absolute atomic E-state index is 11.6. The van der Waals surface area contributed by atoms with Gasteiger partial charge in [0.25, 0.3) is 0 Å². The van der Waals surface area contributed by atoms with E-state index in [1.807, 2.05) is 38.1 Å². The Morgan fingerprint density at radius 2 is 1.85 bits per heavy atom. The monoisotopic (exact) mass is 275 g/mol. The number of hydrogen-bond acceptors (Lipinski definition) is 3. The van der Waals surface area contributed by atoms with Crippen molar-refractivity contribution in [3.63, 3.8) is 0 Å². The molecule has 1 heterocycles. The summed E-state index contributed by atoms with van der Waals surface area (Å²) in [6.45, 7) is 7.12. The number of likely N-dealkylation sites (N-methyl/N-ethyl adjacent to an activating group) is 1. The van der Waals surface area contributed by atoms with Crippen LogP contribution in [0.15, 0.2) is 24.3 Å². The summed E-state index contributed by atoms with van der Waals surface area (Å²) in [7, 11) is 2.16. The van der Waals surface area contributed by atoms with Crippen LogP contribution in [0.4, 0.5) is 11.4 Å². The second-order valence-electron chi connectivity index (χ2n) is 6.09. The molecule has 1 saturated heterocycles. The van der Waals surface area contributed by atoms with Gasteiger partial charge in [0.2, 0.25) is 5.91 Å². The predicted molar refractivity (Wildman–Crippen MR) is 84.0 cm³/mol. The number of hydrogen-bond donors (Lipinski definition) is 2. The number of carbonyl (C=O) groups excluding carboxylic acids is 1. The Morgan fingerprint density at radius 3 is 2.35 bits per heavy atom. The van der Waals surface area contributed by atoms with Crippen molar-refractivity contribution in [2.75, 3.05) is 24.2 Å².